The monoisotopic (exact) mass is 337 g/mol. The summed E-state index contributed by atoms with van der Waals surface area (Å²) >= 11 is 7.34. The Balaban J connectivity index is 1.68. The topological polar surface area (TPSA) is 59.2 Å². The largest absolute Gasteiger partial charge is 0.416 e. The van der Waals surface area contributed by atoms with Gasteiger partial charge in [0.25, 0.3) is 5.22 Å². The molecule has 1 fully saturated rings. The van der Waals surface area contributed by atoms with Crippen LogP contribution in [-0.2, 0) is 11.2 Å². The zero-order chi connectivity index (χ0) is 15.5. The van der Waals surface area contributed by atoms with Gasteiger partial charge >= 0.3 is 0 Å². The highest BCUT2D eigenvalue weighted by Gasteiger charge is 2.34. The predicted octanol–water partition coefficient (Wildman–Crippen LogP) is 3.57. The molecule has 0 aliphatic carbocycles. The Morgan fingerprint density at radius 1 is 1.45 bits per heavy atom. The van der Waals surface area contributed by atoms with Crippen LogP contribution in [0.15, 0.2) is 33.9 Å². The molecule has 1 atom stereocenters. The van der Waals surface area contributed by atoms with E-state index in [-0.39, 0.29) is 11.2 Å². The summed E-state index contributed by atoms with van der Waals surface area (Å²) in [6.07, 6.45) is 2.47. The average Bonchev–Trinajstić information content (AvgIpc) is 3.08. The maximum absolute atomic E-state index is 12.5. The Morgan fingerprint density at radius 3 is 3.09 bits per heavy atom. The number of amides is 1. The first-order chi connectivity index (χ1) is 10.7. The molecule has 1 unspecified atom stereocenters. The summed E-state index contributed by atoms with van der Waals surface area (Å²) < 4.78 is 5.54. The molecule has 116 valence electrons. The van der Waals surface area contributed by atoms with Gasteiger partial charge in [0.1, 0.15) is 0 Å². The fourth-order valence-corrected chi connectivity index (χ4v) is 3.50. The number of hydrogen-bond donors (Lipinski definition) is 0. The van der Waals surface area contributed by atoms with E-state index in [1.165, 1.54) is 11.8 Å². The smallest absolute Gasteiger partial charge is 0.277 e. The quantitative estimate of drug-likeness (QED) is 0.834. The molecule has 1 aliphatic heterocycles. The molecule has 22 heavy (non-hydrogen) atoms. The number of aromatic nitrogens is 2. The van der Waals surface area contributed by atoms with Crippen LogP contribution in [0.2, 0.25) is 5.02 Å². The predicted molar refractivity (Wildman–Crippen MR) is 86.4 cm³/mol. The van der Waals surface area contributed by atoms with Gasteiger partial charge < -0.3 is 9.32 Å². The van der Waals surface area contributed by atoms with Crippen molar-refractivity contribution < 1.29 is 9.21 Å². The van der Waals surface area contributed by atoms with Gasteiger partial charge in [-0.05, 0) is 31.0 Å². The molecule has 2 heterocycles. The van der Waals surface area contributed by atoms with Crippen molar-refractivity contribution in [3.63, 3.8) is 0 Å². The van der Waals surface area contributed by atoms with Crippen LogP contribution >= 0.6 is 23.4 Å². The van der Waals surface area contributed by atoms with Gasteiger partial charge in [-0.1, -0.05) is 36.4 Å². The lowest BCUT2D eigenvalue weighted by atomic mass is 10.3. The number of carbonyl (C=O) groups is 1. The first-order valence-electron chi connectivity index (χ1n) is 7.23. The maximum atomic E-state index is 12.5. The lowest BCUT2D eigenvalue weighted by Crippen LogP contribution is -2.27. The number of hydrogen-bond acceptors (Lipinski definition) is 5. The van der Waals surface area contributed by atoms with Crippen LogP contribution in [0.4, 0.5) is 5.69 Å². The standard InChI is InChI=1S/C15H16ClN3O2S/c1-2-4-13-17-18-15(21-13)22-12-7-8-19(14(12)20)11-6-3-5-10(16)9-11/h3,5-6,9,12H,2,4,7-8H2,1H3. The summed E-state index contributed by atoms with van der Waals surface area (Å²) in [4.78, 5) is 14.3. The van der Waals surface area contributed by atoms with Crippen LogP contribution in [0.25, 0.3) is 0 Å². The molecule has 0 bridgehead atoms. The maximum Gasteiger partial charge on any atom is 0.277 e. The summed E-state index contributed by atoms with van der Waals surface area (Å²) in [5.41, 5.74) is 0.831. The van der Waals surface area contributed by atoms with E-state index >= 15 is 0 Å². The third-order valence-corrected chi connectivity index (χ3v) is 4.76. The van der Waals surface area contributed by atoms with E-state index in [0.717, 1.165) is 24.9 Å². The van der Waals surface area contributed by atoms with Gasteiger partial charge in [-0.15, -0.1) is 10.2 Å². The Hall–Kier alpha value is -1.53. The van der Waals surface area contributed by atoms with Crippen LogP contribution in [-0.4, -0.2) is 27.9 Å². The molecule has 1 amide bonds. The van der Waals surface area contributed by atoms with Gasteiger partial charge in [-0.3, -0.25) is 4.79 Å². The molecule has 0 spiro atoms. The SMILES string of the molecule is CCCc1nnc(SC2CCN(c3cccc(Cl)c3)C2=O)o1. The molecule has 0 N–H and O–H groups in total. The highest BCUT2D eigenvalue weighted by molar-refractivity contribution is 8.00. The number of thioether (sulfide) groups is 1. The molecular formula is C15H16ClN3O2S. The van der Waals surface area contributed by atoms with E-state index in [4.69, 9.17) is 16.0 Å². The molecule has 7 heteroatoms. The number of rotatable bonds is 5. The van der Waals surface area contributed by atoms with Gasteiger partial charge in [0.15, 0.2) is 0 Å². The second-order valence-corrected chi connectivity index (χ2v) is 6.67. The highest BCUT2D eigenvalue weighted by Crippen LogP contribution is 2.33. The fraction of sp³-hybridized carbons (Fsp3) is 0.400. The van der Waals surface area contributed by atoms with Crippen molar-refractivity contribution in [3.05, 3.63) is 35.2 Å². The van der Waals surface area contributed by atoms with Gasteiger partial charge in [-0.25, -0.2) is 0 Å². The molecule has 1 aromatic heterocycles. The van der Waals surface area contributed by atoms with Crippen molar-refractivity contribution in [2.45, 2.75) is 36.7 Å². The van der Waals surface area contributed by atoms with Gasteiger partial charge in [-0.2, -0.15) is 0 Å². The Bertz CT molecular complexity index is 676. The van der Waals surface area contributed by atoms with Crippen molar-refractivity contribution in [2.24, 2.45) is 0 Å². The van der Waals surface area contributed by atoms with E-state index < -0.39 is 0 Å². The molecule has 1 saturated heterocycles. The van der Waals surface area contributed by atoms with E-state index in [9.17, 15) is 4.79 Å². The van der Waals surface area contributed by atoms with Crippen molar-refractivity contribution in [1.29, 1.82) is 0 Å². The Morgan fingerprint density at radius 2 is 2.32 bits per heavy atom. The minimum Gasteiger partial charge on any atom is -0.416 e. The van der Waals surface area contributed by atoms with Gasteiger partial charge in [0.05, 0.1) is 5.25 Å². The van der Waals surface area contributed by atoms with Crippen LogP contribution in [0.5, 0.6) is 0 Å². The number of benzene rings is 1. The lowest BCUT2D eigenvalue weighted by Gasteiger charge is -2.16. The zero-order valence-corrected chi connectivity index (χ0v) is 13.7. The van der Waals surface area contributed by atoms with Gasteiger partial charge in [0, 0.05) is 23.7 Å². The molecule has 1 aromatic carbocycles. The van der Waals surface area contributed by atoms with Gasteiger partial charge in [0.2, 0.25) is 11.8 Å². The molecule has 2 aromatic rings. The number of carbonyl (C=O) groups excluding carboxylic acids is 1. The first-order valence-corrected chi connectivity index (χ1v) is 8.49. The molecular weight excluding hydrogens is 322 g/mol. The highest BCUT2D eigenvalue weighted by atomic mass is 35.5. The van der Waals surface area contributed by atoms with Crippen molar-refractivity contribution in [1.82, 2.24) is 10.2 Å². The van der Waals surface area contributed by atoms with Crippen LogP contribution in [0, 0.1) is 0 Å². The minimum atomic E-state index is -0.186. The number of anilines is 1. The summed E-state index contributed by atoms with van der Waals surface area (Å²) in [6, 6.07) is 7.34. The van der Waals surface area contributed by atoms with Crippen molar-refractivity contribution in [2.75, 3.05) is 11.4 Å². The van der Waals surface area contributed by atoms with Crippen LogP contribution in [0.1, 0.15) is 25.7 Å². The van der Waals surface area contributed by atoms with E-state index in [2.05, 4.69) is 17.1 Å². The van der Waals surface area contributed by atoms with E-state index in [0.29, 0.717) is 22.7 Å². The summed E-state index contributed by atoms with van der Waals surface area (Å²) in [5.74, 6) is 0.685. The second kappa shape index (κ2) is 6.71. The Labute approximate surface area is 138 Å². The molecule has 1 aliphatic rings. The zero-order valence-electron chi connectivity index (χ0n) is 12.2. The third kappa shape index (κ3) is 3.28. The summed E-state index contributed by atoms with van der Waals surface area (Å²) in [7, 11) is 0. The molecule has 5 nitrogen and oxygen atoms in total. The molecule has 3 rings (SSSR count). The summed E-state index contributed by atoms with van der Waals surface area (Å²) in [6.45, 7) is 2.73. The van der Waals surface area contributed by atoms with Crippen LogP contribution in [0.3, 0.4) is 0 Å². The fourth-order valence-electron chi connectivity index (χ4n) is 2.39. The van der Waals surface area contributed by atoms with Crippen molar-refractivity contribution >= 4 is 35.0 Å². The minimum absolute atomic E-state index is 0.0579. The second-order valence-electron chi connectivity index (χ2n) is 5.08. The third-order valence-electron chi connectivity index (χ3n) is 3.43. The average molecular weight is 338 g/mol. The van der Waals surface area contributed by atoms with E-state index in [1.54, 1.807) is 17.0 Å². The molecule has 0 saturated carbocycles. The van der Waals surface area contributed by atoms with E-state index in [1.807, 2.05) is 12.1 Å². The lowest BCUT2D eigenvalue weighted by molar-refractivity contribution is -0.116. The van der Waals surface area contributed by atoms with Crippen molar-refractivity contribution in [3.8, 4) is 0 Å². The molecule has 0 radical (unpaired) electrons. The number of aryl methyl sites for hydroxylation is 1. The normalized spacial score (nSPS) is 18.2. The number of nitrogens with zero attached hydrogens (tertiary/aromatic N) is 3. The Kier molecular flexibility index (Phi) is 4.69. The first kappa shape index (κ1) is 15.4. The summed E-state index contributed by atoms with van der Waals surface area (Å²) in [5, 5.41) is 8.89. The number of halogens is 1. The van der Waals surface area contributed by atoms with Crippen LogP contribution < -0.4 is 4.90 Å².